The number of anilines is 1. The van der Waals surface area contributed by atoms with Crippen LogP contribution < -0.4 is 31.2 Å². The number of carbonyl (C=O) groups is 2. The molecule has 0 aliphatic rings. The molecule has 2 amide bonds. The number of hydrogen-bond donors (Lipinski definition) is 7. The second-order valence-corrected chi connectivity index (χ2v) is 7.37. The van der Waals surface area contributed by atoms with Gasteiger partial charge < -0.3 is 41.4 Å². The van der Waals surface area contributed by atoms with E-state index in [0.717, 1.165) is 5.56 Å². The number of rotatable bonds is 13. The van der Waals surface area contributed by atoms with E-state index in [-0.39, 0.29) is 24.8 Å². The van der Waals surface area contributed by atoms with Crippen molar-refractivity contribution in [1.82, 2.24) is 10.6 Å². The number of aliphatic hydroxyl groups excluding tert-OH is 2. The van der Waals surface area contributed by atoms with Crippen LogP contribution in [-0.2, 0) is 16.0 Å². The second-order valence-electron chi connectivity index (χ2n) is 7.37. The molecule has 12 heteroatoms. The molecule has 0 fully saturated rings. The largest absolute Gasteiger partial charge is 0.493 e. The maximum absolute atomic E-state index is 12.6. The van der Waals surface area contributed by atoms with Gasteiger partial charge in [0.25, 0.3) is 0 Å². The van der Waals surface area contributed by atoms with Crippen molar-refractivity contribution < 1.29 is 29.3 Å². The van der Waals surface area contributed by atoms with Crippen molar-refractivity contribution in [3.63, 3.8) is 0 Å². The Morgan fingerprint density at radius 2 is 1.80 bits per heavy atom. The van der Waals surface area contributed by atoms with Gasteiger partial charge in [0.15, 0.2) is 11.5 Å². The zero-order valence-electron chi connectivity index (χ0n) is 19.5. The van der Waals surface area contributed by atoms with Gasteiger partial charge in [0.1, 0.15) is 18.0 Å². The van der Waals surface area contributed by atoms with E-state index in [0.29, 0.717) is 35.7 Å². The van der Waals surface area contributed by atoms with E-state index in [2.05, 4.69) is 16.0 Å². The third kappa shape index (κ3) is 8.96. The first-order valence-corrected chi connectivity index (χ1v) is 10.5. The highest BCUT2D eigenvalue weighted by Gasteiger charge is 2.26. The number of amidine groups is 1. The summed E-state index contributed by atoms with van der Waals surface area (Å²) in [6, 6.07) is 10.6. The molecule has 0 spiro atoms. The fourth-order valence-electron chi connectivity index (χ4n) is 3.12. The summed E-state index contributed by atoms with van der Waals surface area (Å²) in [5.41, 5.74) is 7.25. The molecule has 35 heavy (non-hydrogen) atoms. The summed E-state index contributed by atoms with van der Waals surface area (Å²) in [4.78, 5) is 24.7. The predicted octanol–water partition coefficient (Wildman–Crippen LogP) is 0.0185. The molecule has 2 aromatic carbocycles. The summed E-state index contributed by atoms with van der Waals surface area (Å²) in [5.74, 6) is -0.0424. The molecule has 0 bridgehead atoms. The summed E-state index contributed by atoms with van der Waals surface area (Å²) >= 11 is 0. The second kappa shape index (κ2) is 14.7. The molecule has 8 N–H and O–H groups in total. The van der Waals surface area contributed by atoms with Gasteiger partial charge in [0, 0.05) is 17.8 Å². The molecule has 0 aliphatic carbocycles. The quantitative estimate of drug-likeness (QED) is 0.146. The molecule has 0 aliphatic heterocycles. The van der Waals surface area contributed by atoms with Crippen LogP contribution in [0.15, 0.2) is 42.5 Å². The first kappa shape index (κ1) is 29.5. The number of methoxy groups -OCH3 is 2. The Labute approximate surface area is 209 Å². The van der Waals surface area contributed by atoms with E-state index in [1.54, 1.807) is 38.5 Å². The monoisotopic (exact) mass is 509 g/mol. The molecular weight excluding hydrogens is 478 g/mol. The highest BCUT2D eigenvalue weighted by molar-refractivity contribution is 5.96. The smallest absolute Gasteiger partial charge is 0.245 e. The fraction of sp³-hybridized carbons (Fsp3) is 0.348. The molecule has 0 radical (unpaired) electrons. The van der Waals surface area contributed by atoms with E-state index in [9.17, 15) is 19.8 Å². The number of benzene rings is 2. The zero-order chi connectivity index (χ0) is 25.1. The van der Waals surface area contributed by atoms with E-state index >= 15 is 0 Å². The van der Waals surface area contributed by atoms with Crippen LogP contribution in [0.25, 0.3) is 0 Å². The number of amides is 2. The number of nitrogen functional groups attached to an aromatic ring is 1. The third-order valence-electron chi connectivity index (χ3n) is 4.96. The van der Waals surface area contributed by atoms with Crippen LogP contribution in [0.1, 0.15) is 11.1 Å². The minimum absolute atomic E-state index is 0. The molecule has 0 heterocycles. The molecular formula is C23H32ClN5O6. The van der Waals surface area contributed by atoms with Crippen molar-refractivity contribution in [3.05, 3.63) is 53.6 Å². The van der Waals surface area contributed by atoms with Gasteiger partial charge in [0.05, 0.1) is 27.4 Å². The van der Waals surface area contributed by atoms with Crippen molar-refractivity contribution in [3.8, 4) is 11.5 Å². The standard InChI is InChI=1S/C23H31N5O6.ClH/c1-33-18-7-6-14(10-19(18)34-2)8-9-26-20(31)12-27-23(32)21(17(30)13-29)28-16-5-3-4-15(11-16)22(24)25;/h3-7,10-11,17,21,28-30H,8-9,12-13H2,1-2H3,(H3,24,25)(H,26,31)(H,27,32);1H. The topological polar surface area (TPSA) is 179 Å². The first-order valence-electron chi connectivity index (χ1n) is 10.5. The van der Waals surface area contributed by atoms with Crippen molar-refractivity contribution in [2.75, 3.05) is 39.2 Å². The van der Waals surface area contributed by atoms with E-state index < -0.39 is 30.6 Å². The van der Waals surface area contributed by atoms with Gasteiger partial charge in [-0.1, -0.05) is 18.2 Å². The molecule has 2 rings (SSSR count). The van der Waals surface area contributed by atoms with Gasteiger partial charge in [-0.25, -0.2) is 0 Å². The normalized spacial score (nSPS) is 11.9. The van der Waals surface area contributed by atoms with Crippen LogP contribution in [0, 0.1) is 5.41 Å². The number of halogens is 1. The van der Waals surface area contributed by atoms with Crippen LogP contribution in [0.2, 0.25) is 0 Å². The Hall–Kier alpha value is -3.54. The number of ether oxygens (including phenoxy) is 2. The van der Waals surface area contributed by atoms with Crippen LogP contribution in [0.5, 0.6) is 11.5 Å². The summed E-state index contributed by atoms with van der Waals surface area (Å²) in [6.45, 7) is -0.646. The molecule has 0 aromatic heterocycles. The highest BCUT2D eigenvalue weighted by atomic mass is 35.5. The number of nitrogens with one attached hydrogen (secondary N) is 4. The lowest BCUT2D eigenvalue weighted by Gasteiger charge is -2.23. The fourth-order valence-corrected chi connectivity index (χ4v) is 3.12. The van der Waals surface area contributed by atoms with Gasteiger partial charge >= 0.3 is 0 Å². The van der Waals surface area contributed by atoms with Crippen molar-refractivity contribution >= 4 is 35.7 Å². The summed E-state index contributed by atoms with van der Waals surface area (Å²) < 4.78 is 10.5. The van der Waals surface area contributed by atoms with Crippen LogP contribution in [-0.4, -0.2) is 73.9 Å². The van der Waals surface area contributed by atoms with Gasteiger partial charge in [0.2, 0.25) is 11.8 Å². The SMILES string of the molecule is COc1ccc(CCNC(=O)CNC(=O)C(Nc2cccc(C(=N)N)c2)C(O)CO)cc1OC.Cl. The Balaban J connectivity index is 0.00000612. The number of nitrogens with two attached hydrogens (primary N) is 1. The Morgan fingerprint density at radius 1 is 1.09 bits per heavy atom. The number of hydrogen-bond acceptors (Lipinski definition) is 8. The maximum Gasteiger partial charge on any atom is 0.245 e. The minimum Gasteiger partial charge on any atom is -0.493 e. The number of carbonyl (C=O) groups excluding carboxylic acids is 2. The minimum atomic E-state index is -1.42. The lowest BCUT2D eigenvalue weighted by atomic mass is 10.1. The van der Waals surface area contributed by atoms with Crippen LogP contribution in [0.4, 0.5) is 5.69 Å². The zero-order valence-corrected chi connectivity index (χ0v) is 20.4. The third-order valence-corrected chi connectivity index (χ3v) is 4.96. The number of aliphatic hydroxyl groups is 2. The highest BCUT2D eigenvalue weighted by Crippen LogP contribution is 2.27. The van der Waals surface area contributed by atoms with Crippen molar-refractivity contribution in [2.24, 2.45) is 5.73 Å². The van der Waals surface area contributed by atoms with E-state index in [1.807, 2.05) is 12.1 Å². The summed E-state index contributed by atoms with van der Waals surface area (Å²) in [7, 11) is 3.09. The molecule has 192 valence electrons. The lowest BCUT2D eigenvalue weighted by Crippen LogP contribution is -2.50. The Kier molecular flexibility index (Phi) is 12.4. The van der Waals surface area contributed by atoms with Gasteiger partial charge in [-0.05, 0) is 36.2 Å². The average molecular weight is 510 g/mol. The van der Waals surface area contributed by atoms with Gasteiger partial charge in [-0.2, -0.15) is 0 Å². The van der Waals surface area contributed by atoms with E-state index in [1.165, 1.54) is 6.07 Å². The Morgan fingerprint density at radius 3 is 2.43 bits per heavy atom. The molecule has 2 atom stereocenters. The van der Waals surface area contributed by atoms with Gasteiger partial charge in [-0.15, -0.1) is 12.4 Å². The summed E-state index contributed by atoms with van der Waals surface area (Å²) in [6.07, 6.45) is -0.881. The predicted molar refractivity (Wildman–Crippen MR) is 134 cm³/mol. The average Bonchev–Trinajstić information content (AvgIpc) is 2.85. The van der Waals surface area contributed by atoms with E-state index in [4.69, 9.17) is 20.6 Å². The molecule has 2 aromatic rings. The lowest BCUT2D eigenvalue weighted by molar-refractivity contribution is -0.128. The van der Waals surface area contributed by atoms with Crippen molar-refractivity contribution in [1.29, 1.82) is 5.41 Å². The summed E-state index contributed by atoms with van der Waals surface area (Å²) in [5, 5.41) is 34.9. The molecule has 2 unspecified atom stereocenters. The maximum atomic E-state index is 12.6. The Bertz CT molecular complexity index is 1010. The van der Waals surface area contributed by atoms with Crippen molar-refractivity contribution in [2.45, 2.75) is 18.6 Å². The molecule has 0 saturated heterocycles. The van der Waals surface area contributed by atoms with Crippen LogP contribution in [0.3, 0.4) is 0 Å². The van der Waals surface area contributed by atoms with Crippen LogP contribution >= 0.6 is 12.4 Å². The van der Waals surface area contributed by atoms with Gasteiger partial charge in [-0.3, -0.25) is 15.0 Å². The molecule has 11 nitrogen and oxygen atoms in total. The molecule has 0 saturated carbocycles. The first-order chi connectivity index (χ1) is 16.3.